The highest BCUT2D eigenvalue weighted by atomic mass is 16.6. The van der Waals surface area contributed by atoms with Gasteiger partial charge in [-0.2, -0.15) is 0 Å². The molecule has 2 amide bonds. The van der Waals surface area contributed by atoms with Gasteiger partial charge in [0.2, 0.25) is 0 Å². The number of amides is 2. The van der Waals surface area contributed by atoms with E-state index >= 15 is 0 Å². The molecule has 1 aliphatic heterocycles. The summed E-state index contributed by atoms with van der Waals surface area (Å²) in [5.41, 5.74) is -0.516. The molecule has 1 heterocycles. The molecule has 2 atom stereocenters. The second-order valence-corrected chi connectivity index (χ2v) is 6.77. The molecular weight excluding hydrogens is 272 g/mol. The predicted molar refractivity (Wildman–Crippen MR) is 78.1 cm³/mol. The Hall–Kier alpha value is -1.46. The maximum atomic E-state index is 12.0. The summed E-state index contributed by atoms with van der Waals surface area (Å²) in [6, 6.07) is -0.0432. The van der Waals surface area contributed by atoms with E-state index in [-0.39, 0.29) is 18.2 Å². The molecule has 2 rings (SSSR count). The Labute approximate surface area is 126 Å². The molecule has 120 valence electrons. The number of rotatable bonds is 2. The quantitative estimate of drug-likeness (QED) is 0.851. The normalized spacial score (nSPS) is 27.0. The number of hydrogen-bond acceptors (Lipinski definition) is 4. The van der Waals surface area contributed by atoms with E-state index in [1.165, 1.54) is 0 Å². The standard InChI is InChI=1S/C15H26N2O4/c1-15(2,3)21-13(18)16-11-7-4-5-8-12(11)17-9-6-10-20-14(17)19/h11-12H,4-10H2,1-3H3,(H,16,18)/t11-,12-/m1/s1. The molecule has 0 aromatic rings. The lowest BCUT2D eigenvalue weighted by Crippen LogP contribution is -2.57. The number of nitrogens with zero attached hydrogens (tertiary/aromatic N) is 1. The van der Waals surface area contributed by atoms with Crippen LogP contribution in [0, 0.1) is 0 Å². The number of cyclic esters (lactones) is 1. The lowest BCUT2D eigenvalue weighted by Gasteiger charge is -2.41. The van der Waals surface area contributed by atoms with Crippen molar-refractivity contribution in [2.75, 3.05) is 13.2 Å². The van der Waals surface area contributed by atoms with E-state index in [9.17, 15) is 9.59 Å². The Bertz CT molecular complexity index is 392. The SMILES string of the molecule is CC(C)(C)OC(=O)N[C@@H]1CCCC[C@H]1N1CCCOC1=O. The van der Waals surface area contributed by atoms with Gasteiger partial charge in [0.1, 0.15) is 5.60 Å². The van der Waals surface area contributed by atoms with Gasteiger partial charge in [-0.3, -0.25) is 0 Å². The first-order chi connectivity index (χ1) is 9.87. The van der Waals surface area contributed by atoms with Crippen LogP contribution < -0.4 is 5.32 Å². The summed E-state index contributed by atoms with van der Waals surface area (Å²) in [5.74, 6) is 0. The number of ether oxygens (including phenoxy) is 2. The van der Waals surface area contributed by atoms with Gasteiger partial charge in [0.15, 0.2) is 0 Å². The van der Waals surface area contributed by atoms with Gasteiger partial charge in [-0.1, -0.05) is 12.8 Å². The lowest BCUT2D eigenvalue weighted by molar-refractivity contribution is 0.0265. The van der Waals surface area contributed by atoms with E-state index < -0.39 is 11.7 Å². The van der Waals surface area contributed by atoms with Crippen LogP contribution in [0.4, 0.5) is 9.59 Å². The highest BCUT2D eigenvalue weighted by molar-refractivity contribution is 5.70. The van der Waals surface area contributed by atoms with Crippen LogP contribution in [0.1, 0.15) is 52.9 Å². The average Bonchev–Trinajstić information content (AvgIpc) is 2.38. The highest BCUT2D eigenvalue weighted by Crippen LogP contribution is 2.25. The van der Waals surface area contributed by atoms with Gasteiger partial charge < -0.3 is 19.7 Å². The third-order valence-corrected chi connectivity index (χ3v) is 3.84. The fraction of sp³-hybridized carbons (Fsp3) is 0.867. The van der Waals surface area contributed by atoms with Crippen molar-refractivity contribution in [3.05, 3.63) is 0 Å². The van der Waals surface area contributed by atoms with Gasteiger partial charge in [0.05, 0.1) is 18.7 Å². The number of hydrogen-bond donors (Lipinski definition) is 1. The summed E-state index contributed by atoms with van der Waals surface area (Å²) in [6.07, 6.45) is 4.07. The molecule has 0 aromatic heterocycles. The van der Waals surface area contributed by atoms with Crippen molar-refractivity contribution in [3.8, 4) is 0 Å². The van der Waals surface area contributed by atoms with Crippen LogP contribution in [0.3, 0.4) is 0 Å². The highest BCUT2D eigenvalue weighted by Gasteiger charge is 2.36. The molecule has 0 radical (unpaired) electrons. The second-order valence-electron chi connectivity index (χ2n) is 6.77. The number of carbonyl (C=O) groups is 2. The average molecular weight is 298 g/mol. The van der Waals surface area contributed by atoms with Gasteiger partial charge in [-0.25, -0.2) is 9.59 Å². The first kappa shape index (κ1) is 15.9. The van der Waals surface area contributed by atoms with Crippen molar-refractivity contribution in [2.24, 2.45) is 0 Å². The Kier molecular flexibility index (Phi) is 4.96. The van der Waals surface area contributed by atoms with Crippen LogP contribution in [-0.2, 0) is 9.47 Å². The van der Waals surface area contributed by atoms with Crippen molar-refractivity contribution in [2.45, 2.75) is 70.6 Å². The van der Waals surface area contributed by atoms with Crippen LogP contribution in [0.25, 0.3) is 0 Å². The zero-order chi connectivity index (χ0) is 15.5. The van der Waals surface area contributed by atoms with Crippen molar-refractivity contribution in [1.29, 1.82) is 0 Å². The number of carbonyl (C=O) groups excluding carboxylic acids is 2. The maximum Gasteiger partial charge on any atom is 0.410 e. The van der Waals surface area contributed by atoms with E-state index in [2.05, 4.69) is 5.32 Å². The van der Waals surface area contributed by atoms with Crippen molar-refractivity contribution < 1.29 is 19.1 Å². The fourth-order valence-electron chi connectivity index (χ4n) is 2.98. The molecule has 1 saturated carbocycles. The van der Waals surface area contributed by atoms with Gasteiger partial charge in [0, 0.05) is 6.54 Å². The predicted octanol–water partition coefficient (Wildman–Crippen LogP) is 2.66. The first-order valence-electron chi connectivity index (χ1n) is 7.80. The molecule has 1 saturated heterocycles. The summed E-state index contributed by atoms with van der Waals surface area (Å²) >= 11 is 0. The van der Waals surface area contributed by atoms with Crippen LogP contribution in [-0.4, -0.2) is 47.9 Å². The van der Waals surface area contributed by atoms with Crippen molar-refractivity contribution >= 4 is 12.2 Å². The summed E-state index contributed by atoms with van der Waals surface area (Å²) in [4.78, 5) is 25.7. The summed E-state index contributed by atoms with van der Waals surface area (Å²) in [5, 5.41) is 2.93. The van der Waals surface area contributed by atoms with Crippen LogP contribution in [0.2, 0.25) is 0 Å². The third-order valence-electron chi connectivity index (χ3n) is 3.84. The molecule has 1 N–H and O–H groups in total. The number of alkyl carbamates (subject to hydrolysis) is 1. The molecule has 1 aliphatic carbocycles. The summed E-state index contributed by atoms with van der Waals surface area (Å²) < 4.78 is 10.4. The second kappa shape index (κ2) is 6.54. The molecule has 0 spiro atoms. The maximum absolute atomic E-state index is 12.0. The zero-order valence-corrected chi connectivity index (χ0v) is 13.2. The smallest absolute Gasteiger partial charge is 0.410 e. The number of nitrogens with one attached hydrogen (secondary N) is 1. The van der Waals surface area contributed by atoms with Gasteiger partial charge in [-0.05, 0) is 40.0 Å². The minimum absolute atomic E-state index is 0.0130. The van der Waals surface area contributed by atoms with E-state index in [1.54, 1.807) is 4.90 Å². The van der Waals surface area contributed by atoms with Crippen molar-refractivity contribution in [1.82, 2.24) is 10.2 Å². The molecule has 6 nitrogen and oxygen atoms in total. The molecule has 0 bridgehead atoms. The molecule has 21 heavy (non-hydrogen) atoms. The Morgan fingerprint density at radius 2 is 2.00 bits per heavy atom. The van der Waals surface area contributed by atoms with E-state index in [4.69, 9.17) is 9.47 Å². The fourth-order valence-corrected chi connectivity index (χ4v) is 2.98. The molecule has 6 heteroatoms. The third kappa shape index (κ3) is 4.51. The van der Waals surface area contributed by atoms with Gasteiger partial charge >= 0.3 is 12.2 Å². The molecule has 2 aliphatic rings. The molecule has 2 fully saturated rings. The van der Waals surface area contributed by atoms with Gasteiger partial charge in [0.25, 0.3) is 0 Å². The summed E-state index contributed by atoms with van der Waals surface area (Å²) in [7, 11) is 0. The van der Waals surface area contributed by atoms with E-state index in [0.717, 1.165) is 32.1 Å². The van der Waals surface area contributed by atoms with Crippen LogP contribution >= 0.6 is 0 Å². The first-order valence-corrected chi connectivity index (χ1v) is 7.80. The Morgan fingerprint density at radius 3 is 2.67 bits per heavy atom. The summed E-state index contributed by atoms with van der Waals surface area (Å²) in [6.45, 7) is 6.72. The zero-order valence-electron chi connectivity index (χ0n) is 13.2. The molecular formula is C15H26N2O4. The largest absolute Gasteiger partial charge is 0.449 e. The van der Waals surface area contributed by atoms with E-state index in [0.29, 0.717) is 13.2 Å². The van der Waals surface area contributed by atoms with E-state index in [1.807, 2.05) is 20.8 Å². The molecule has 0 aromatic carbocycles. The topological polar surface area (TPSA) is 67.9 Å². The molecule has 0 unspecified atom stereocenters. The Balaban J connectivity index is 1.98. The van der Waals surface area contributed by atoms with Crippen LogP contribution in [0.15, 0.2) is 0 Å². The minimum Gasteiger partial charge on any atom is -0.449 e. The van der Waals surface area contributed by atoms with Gasteiger partial charge in [-0.15, -0.1) is 0 Å². The minimum atomic E-state index is -0.516. The van der Waals surface area contributed by atoms with Crippen molar-refractivity contribution in [3.63, 3.8) is 0 Å². The monoisotopic (exact) mass is 298 g/mol. The lowest BCUT2D eigenvalue weighted by atomic mass is 9.89. The van der Waals surface area contributed by atoms with Crippen LogP contribution in [0.5, 0.6) is 0 Å². The Morgan fingerprint density at radius 1 is 1.29 bits per heavy atom.